The number of aromatic nitrogens is 4. The Hall–Kier alpha value is -6.39. The first-order valence-electron chi connectivity index (χ1n) is 15.9. The van der Waals surface area contributed by atoms with Crippen molar-refractivity contribution in [2.45, 2.75) is 0 Å². The first kappa shape index (κ1) is 25.9. The first-order chi connectivity index (χ1) is 23.3. The van der Waals surface area contributed by atoms with E-state index in [1.165, 1.54) is 43.8 Å². The highest BCUT2D eigenvalue weighted by Crippen LogP contribution is 2.48. The van der Waals surface area contributed by atoms with Crippen LogP contribution in [0.25, 0.3) is 94.7 Å². The Kier molecular flexibility index (Phi) is 5.54. The van der Waals surface area contributed by atoms with E-state index in [1.54, 1.807) is 0 Å². The Morgan fingerprint density at radius 1 is 0.362 bits per heavy atom. The van der Waals surface area contributed by atoms with E-state index in [0.29, 0.717) is 17.5 Å². The Labute approximate surface area is 271 Å². The Morgan fingerprint density at radius 2 is 0.936 bits per heavy atom. The van der Waals surface area contributed by atoms with Gasteiger partial charge in [0.1, 0.15) is 0 Å². The van der Waals surface area contributed by atoms with Crippen molar-refractivity contribution in [2.75, 3.05) is 0 Å². The van der Waals surface area contributed by atoms with Gasteiger partial charge in [-0.25, -0.2) is 15.0 Å². The molecule has 0 saturated heterocycles. The SMILES string of the molecule is c1ccc(-c2nc(-c3ccc4c(c3)-c3cccc5cccc-4c35)nc(-c3ccccc3-n3c4ccccc4c4ccccc43)n2)cc1. The van der Waals surface area contributed by atoms with Crippen molar-refractivity contribution in [3.05, 3.63) is 158 Å². The summed E-state index contributed by atoms with van der Waals surface area (Å²) in [6, 6.07) is 55.5. The molecule has 0 N–H and O–H groups in total. The number of nitrogens with zero attached hydrogens (tertiary/aromatic N) is 4. The minimum atomic E-state index is 0.636. The molecule has 0 amide bonds. The van der Waals surface area contributed by atoms with E-state index in [4.69, 9.17) is 15.0 Å². The molecule has 10 rings (SSSR count). The molecule has 0 saturated carbocycles. The molecule has 4 heteroatoms. The summed E-state index contributed by atoms with van der Waals surface area (Å²) in [7, 11) is 0. The number of para-hydroxylation sites is 3. The summed E-state index contributed by atoms with van der Waals surface area (Å²) in [4.78, 5) is 15.4. The quantitative estimate of drug-likeness (QED) is 0.202. The van der Waals surface area contributed by atoms with Crippen LogP contribution in [0.1, 0.15) is 0 Å². The fourth-order valence-corrected chi connectivity index (χ4v) is 7.31. The van der Waals surface area contributed by atoms with Crippen LogP contribution in [0.4, 0.5) is 0 Å². The second kappa shape index (κ2) is 10.1. The van der Waals surface area contributed by atoms with Crippen LogP contribution in [0.2, 0.25) is 0 Å². The average molecular weight is 599 g/mol. The number of rotatable bonds is 4. The van der Waals surface area contributed by atoms with Gasteiger partial charge >= 0.3 is 0 Å². The van der Waals surface area contributed by atoms with Crippen molar-refractivity contribution >= 4 is 32.6 Å². The summed E-state index contributed by atoms with van der Waals surface area (Å²) in [6.45, 7) is 0. The third-order valence-electron chi connectivity index (χ3n) is 9.40. The highest BCUT2D eigenvalue weighted by molar-refractivity contribution is 6.15. The second-order valence-electron chi connectivity index (χ2n) is 12.0. The third-order valence-corrected chi connectivity index (χ3v) is 9.40. The summed E-state index contributed by atoms with van der Waals surface area (Å²) in [5, 5.41) is 5.00. The second-order valence-corrected chi connectivity index (χ2v) is 12.0. The highest BCUT2D eigenvalue weighted by atomic mass is 15.1. The molecule has 47 heavy (non-hydrogen) atoms. The molecule has 7 aromatic carbocycles. The molecule has 0 bridgehead atoms. The van der Waals surface area contributed by atoms with Crippen LogP contribution in [0.3, 0.4) is 0 Å². The molecule has 0 atom stereocenters. The van der Waals surface area contributed by atoms with E-state index >= 15 is 0 Å². The fourth-order valence-electron chi connectivity index (χ4n) is 7.31. The van der Waals surface area contributed by atoms with Gasteiger partial charge in [0.25, 0.3) is 0 Å². The number of fused-ring (bicyclic) bond motifs is 6. The van der Waals surface area contributed by atoms with Gasteiger partial charge in [-0.15, -0.1) is 0 Å². The van der Waals surface area contributed by atoms with E-state index < -0.39 is 0 Å². The van der Waals surface area contributed by atoms with Crippen molar-refractivity contribution < 1.29 is 0 Å². The predicted octanol–water partition coefficient (Wildman–Crippen LogP) is 10.8. The molecule has 0 unspecified atom stereocenters. The molecule has 2 aromatic heterocycles. The molecule has 0 aliphatic heterocycles. The zero-order valence-electron chi connectivity index (χ0n) is 25.3. The predicted molar refractivity (Wildman–Crippen MR) is 192 cm³/mol. The fraction of sp³-hybridized carbons (Fsp3) is 0. The lowest BCUT2D eigenvalue weighted by molar-refractivity contribution is 1.06. The normalized spacial score (nSPS) is 11.8. The molecule has 0 spiro atoms. The number of benzene rings is 7. The zero-order chi connectivity index (χ0) is 30.9. The van der Waals surface area contributed by atoms with E-state index in [2.05, 4.69) is 144 Å². The van der Waals surface area contributed by atoms with Crippen molar-refractivity contribution in [2.24, 2.45) is 0 Å². The smallest absolute Gasteiger partial charge is 0.166 e. The summed E-state index contributed by atoms with van der Waals surface area (Å²) in [5.41, 5.74) is 11.2. The summed E-state index contributed by atoms with van der Waals surface area (Å²) in [5.74, 6) is 1.93. The van der Waals surface area contributed by atoms with Crippen LogP contribution in [0.15, 0.2) is 158 Å². The van der Waals surface area contributed by atoms with E-state index in [1.807, 2.05) is 18.2 Å². The largest absolute Gasteiger partial charge is 0.309 e. The van der Waals surface area contributed by atoms with E-state index in [0.717, 1.165) is 33.4 Å². The van der Waals surface area contributed by atoms with Gasteiger partial charge in [-0.3, -0.25) is 0 Å². The van der Waals surface area contributed by atoms with Crippen molar-refractivity contribution in [3.63, 3.8) is 0 Å². The van der Waals surface area contributed by atoms with Gasteiger partial charge in [0.15, 0.2) is 17.5 Å². The van der Waals surface area contributed by atoms with Gasteiger partial charge in [0.2, 0.25) is 0 Å². The molecule has 0 fully saturated rings. The minimum Gasteiger partial charge on any atom is -0.309 e. The molecular weight excluding hydrogens is 573 g/mol. The maximum Gasteiger partial charge on any atom is 0.166 e. The van der Waals surface area contributed by atoms with Crippen molar-refractivity contribution in [1.82, 2.24) is 19.5 Å². The third kappa shape index (κ3) is 3.92. The molecular formula is C43H26N4. The van der Waals surface area contributed by atoms with Crippen molar-refractivity contribution in [1.29, 1.82) is 0 Å². The molecule has 0 radical (unpaired) electrons. The highest BCUT2D eigenvalue weighted by Gasteiger charge is 2.23. The van der Waals surface area contributed by atoms with Crippen LogP contribution in [-0.4, -0.2) is 19.5 Å². The summed E-state index contributed by atoms with van der Waals surface area (Å²) in [6.07, 6.45) is 0. The summed E-state index contributed by atoms with van der Waals surface area (Å²) >= 11 is 0. The topological polar surface area (TPSA) is 43.6 Å². The van der Waals surface area contributed by atoms with Crippen LogP contribution >= 0.6 is 0 Å². The van der Waals surface area contributed by atoms with E-state index in [9.17, 15) is 0 Å². The van der Waals surface area contributed by atoms with E-state index in [-0.39, 0.29) is 0 Å². The Bertz CT molecular complexity index is 2630. The van der Waals surface area contributed by atoms with Gasteiger partial charge < -0.3 is 4.57 Å². The summed E-state index contributed by atoms with van der Waals surface area (Å²) < 4.78 is 2.33. The maximum atomic E-state index is 5.22. The molecule has 1 aliphatic carbocycles. The zero-order valence-corrected chi connectivity index (χ0v) is 25.3. The number of hydrogen-bond acceptors (Lipinski definition) is 3. The number of hydrogen-bond donors (Lipinski definition) is 0. The van der Waals surface area contributed by atoms with Gasteiger partial charge in [-0.2, -0.15) is 0 Å². The van der Waals surface area contributed by atoms with Crippen LogP contribution < -0.4 is 0 Å². The average Bonchev–Trinajstić information content (AvgIpc) is 3.65. The van der Waals surface area contributed by atoms with Crippen LogP contribution in [0.5, 0.6) is 0 Å². The Balaban J connectivity index is 1.21. The maximum absolute atomic E-state index is 5.22. The van der Waals surface area contributed by atoms with Gasteiger partial charge in [0, 0.05) is 27.5 Å². The molecule has 218 valence electrons. The molecule has 9 aromatic rings. The minimum absolute atomic E-state index is 0.636. The van der Waals surface area contributed by atoms with Gasteiger partial charge in [-0.05, 0) is 63.4 Å². The van der Waals surface area contributed by atoms with Crippen LogP contribution in [0, 0.1) is 0 Å². The lowest BCUT2D eigenvalue weighted by Crippen LogP contribution is -2.03. The first-order valence-corrected chi connectivity index (χ1v) is 15.9. The Morgan fingerprint density at radius 3 is 1.68 bits per heavy atom. The van der Waals surface area contributed by atoms with Gasteiger partial charge in [0.05, 0.1) is 16.7 Å². The molecule has 1 aliphatic rings. The molecule has 2 heterocycles. The molecule has 4 nitrogen and oxygen atoms in total. The lowest BCUT2D eigenvalue weighted by Gasteiger charge is -2.14. The van der Waals surface area contributed by atoms with Crippen molar-refractivity contribution in [3.8, 4) is 62.1 Å². The lowest BCUT2D eigenvalue weighted by atomic mass is 10.0. The van der Waals surface area contributed by atoms with Gasteiger partial charge in [-0.1, -0.05) is 127 Å². The van der Waals surface area contributed by atoms with Crippen LogP contribution in [-0.2, 0) is 0 Å². The monoisotopic (exact) mass is 598 g/mol. The standard InChI is InChI=1S/C43H26N4/c1-2-12-28(13-3-1)41-44-42(29-24-25-30-33-19-10-14-27-15-11-20-34(40(27)33)36(30)26-29)46-43(45-41)35-18-6-9-23-39(35)47-37-21-7-4-16-31(37)32-17-5-8-22-38(32)47/h1-26H.